The zero-order valence-electron chi connectivity index (χ0n) is 17.3. The molecule has 0 aliphatic carbocycles. The van der Waals surface area contributed by atoms with Crippen molar-refractivity contribution in [1.29, 1.82) is 0 Å². The van der Waals surface area contributed by atoms with Crippen LogP contribution in [0.5, 0.6) is 0 Å². The minimum Gasteiger partial charge on any atom is -0.480 e. The van der Waals surface area contributed by atoms with Crippen LogP contribution in [0, 0.1) is 5.92 Å². The Morgan fingerprint density at radius 1 is 0.897 bits per heavy atom. The maximum atomic E-state index is 12.6. The van der Waals surface area contributed by atoms with Gasteiger partial charge < -0.3 is 32.5 Å². The maximum Gasteiger partial charge on any atom is 0.326 e. The minimum atomic E-state index is -1.17. The molecule has 0 saturated carbocycles. The Hall–Kier alpha value is -1.85. The summed E-state index contributed by atoms with van der Waals surface area (Å²) in [4.78, 5) is 48.3. The van der Waals surface area contributed by atoms with Crippen LogP contribution in [0.25, 0.3) is 0 Å². The number of aliphatic carboxylic acids is 1. The molecule has 4 atom stereocenters. The van der Waals surface area contributed by atoms with Gasteiger partial charge in [0.2, 0.25) is 17.7 Å². The molecule has 0 bridgehead atoms. The Labute approximate surface area is 177 Å². The van der Waals surface area contributed by atoms with Crippen LogP contribution < -0.4 is 27.4 Å². The topological polar surface area (TPSA) is 177 Å². The average Bonchev–Trinajstić information content (AvgIpc) is 2.63. The highest BCUT2D eigenvalue weighted by Crippen LogP contribution is 2.07. The molecule has 0 aromatic carbocycles. The summed E-state index contributed by atoms with van der Waals surface area (Å²) < 4.78 is 0. The van der Waals surface area contributed by atoms with Gasteiger partial charge in [0.25, 0.3) is 0 Å². The SMILES string of the molecule is CC(C)CC(NC(=O)C(C)N)C(=O)NC(CS)C(=O)NC(CCCCN)C(=O)O. The standard InChI is InChI=1S/C18H35N5O5S/c1-10(2)8-13(22-15(24)11(3)20)16(25)23-14(9-29)17(26)21-12(18(27)28)6-4-5-7-19/h10-14,29H,4-9,19-20H2,1-3H3,(H,21,26)(H,22,24)(H,23,25)(H,27,28). The van der Waals surface area contributed by atoms with Crippen LogP contribution in [-0.4, -0.2) is 65.3 Å². The molecule has 0 aliphatic heterocycles. The molecule has 0 fully saturated rings. The second-order valence-corrected chi connectivity index (χ2v) is 7.77. The van der Waals surface area contributed by atoms with E-state index in [1.165, 1.54) is 6.92 Å². The number of hydrogen-bond acceptors (Lipinski definition) is 7. The van der Waals surface area contributed by atoms with Crippen molar-refractivity contribution in [1.82, 2.24) is 16.0 Å². The summed E-state index contributed by atoms with van der Waals surface area (Å²) in [6.07, 6.45) is 1.77. The van der Waals surface area contributed by atoms with E-state index in [4.69, 9.17) is 11.5 Å². The molecule has 10 nitrogen and oxygen atoms in total. The highest BCUT2D eigenvalue weighted by atomic mass is 32.1. The van der Waals surface area contributed by atoms with E-state index in [0.29, 0.717) is 25.8 Å². The number of nitrogens with one attached hydrogen (secondary N) is 3. The third kappa shape index (κ3) is 11.1. The van der Waals surface area contributed by atoms with Crippen molar-refractivity contribution in [2.24, 2.45) is 17.4 Å². The van der Waals surface area contributed by atoms with Gasteiger partial charge in [-0.05, 0) is 45.1 Å². The lowest BCUT2D eigenvalue weighted by Crippen LogP contribution is -2.57. The predicted octanol–water partition coefficient (Wildman–Crippen LogP) is -1.02. The van der Waals surface area contributed by atoms with Crippen LogP contribution in [0.4, 0.5) is 0 Å². The second kappa shape index (κ2) is 14.2. The number of thiol groups is 1. The summed E-state index contributed by atoms with van der Waals surface area (Å²) in [5.41, 5.74) is 10.9. The molecule has 0 aromatic heterocycles. The number of hydrogen-bond donors (Lipinski definition) is 7. The highest BCUT2D eigenvalue weighted by Gasteiger charge is 2.29. The van der Waals surface area contributed by atoms with Gasteiger partial charge in [0.15, 0.2) is 0 Å². The van der Waals surface area contributed by atoms with Crippen molar-refractivity contribution in [3.05, 3.63) is 0 Å². The van der Waals surface area contributed by atoms with E-state index in [2.05, 4.69) is 28.6 Å². The van der Waals surface area contributed by atoms with Crippen molar-refractivity contribution >= 4 is 36.3 Å². The zero-order valence-corrected chi connectivity index (χ0v) is 18.2. The van der Waals surface area contributed by atoms with E-state index in [0.717, 1.165) is 0 Å². The second-order valence-electron chi connectivity index (χ2n) is 7.41. The fraction of sp³-hybridized carbons (Fsp3) is 0.778. The fourth-order valence-electron chi connectivity index (χ4n) is 2.49. The molecular formula is C18H35N5O5S. The largest absolute Gasteiger partial charge is 0.480 e. The van der Waals surface area contributed by atoms with E-state index in [1.807, 2.05) is 13.8 Å². The number of carbonyl (C=O) groups excluding carboxylic acids is 3. The summed E-state index contributed by atoms with van der Waals surface area (Å²) >= 11 is 4.08. The third-order valence-corrected chi connectivity index (χ3v) is 4.50. The van der Waals surface area contributed by atoms with Crippen LogP contribution in [0.15, 0.2) is 0 Å². The molecule has 8 N–H and O–H groups in total. The Morgan fingerprint density at radius 3 is 1.86 bits per heavy atom. The molecule has 0 rings (SSSR count). The van der Waals surface area contributed by atoms with Crippen molar-refractivity contribution in [3.63, 3.8) is 0 Å². The van der Waals surface area contributed by atoms with Crippen molar-refractivity contribution < 1.29 is 24.3 Å². The van der Waals surface area contributed by atoms with E-state index in [1.54, 1.807) is 0 Å². The van der Waals surface area contributed by atoms with Gasteiger partial charge in [0.1, 0.15) is 18.1 Å². The van der Waals surface area contributed by atoms with Gasteiger partial charge in [0, 0.05) is 5.75 Å². The number of unbranched alkanes of at least 4 members (excludes halogenated alkanes) is 1. The van der Waals surface area contributed by atoms with Crippen LogP contribution in [0.1, 0.15) is 46.5 Å². The van der Waals surface area contributed by atoms with E-state index < -0.39 is 47.9 Å². The molecule has 0 aromatic rings. The lowest BCUT2D eigenvalue weighted by atomic mass is 10.0. The molecule has 0 aliphatic rings. The Morgan fingerprint density at radius 2 is 1.41 bits per heavy atom. The Balaban J connectivity index is 5.07. The molecule has 11 heteroatoms. The number of carbonyl (C=O) groups is 4. The van der Waals surface area contributed by atoms with Crippen LogP contribution in [-0.2, 0) is 19.2 Å². The summed E-state index contributed by atoms with van der Waals surface area (Å²) in [5, 5.41) is 16.8. The molecule has 29 heavy (non-hydrogen) atoms. The van der Waals surface area contributed by atoms with Crippen LogP contribution in [0.2, 0.25) is 0 Å². The third-order valence-electron chi connectivity index (χ3n) is 4.13. The van der Waals surface area contributed by atoms with Gasteiger partial charge in [-0.25, -0.2) is 4.79 Å². The molecule has 0 saturated heterocycles. The smallest absolute Gasteiger partial charge is 0.326 e. The van der Waals surface area contributed by atoms with Gasteiger partial charge in [-0.3, -0.25) is 14.4 Å². The van der Waals surface area contributed by atoms with Crippen molar-refractivity contribution in [2.45, 2.75) is 70.6 Å². The molecule has 3 amide bonds. The number of carboxylic acid groups (broad SMARTS) is 1. The monoisotopic (exact) mass is 433 g/mol. The van der Waals surface area contributed by atoms with E-state index in [9.17, 15) is 24.3 Å². The fourth-order valence-corrected chi connectivity index (χ4v) is 2.75. The van der Waals surface area contributed by atoms with Gasteiger partial charge >= 0.3 is 5.97 Å². The first-order valence-corrected chi connectivity index (χ1v) is 10.4. The number of rotatable bonds is 14. The maximum absolute atomic E-state index is 12.6. The molecule has 168 valence electrons. The van der Waals surface area contributed by atoms with Crippen molar-refractivity contribution in [2.75, 3.05) is 12.3 Å². The van der Waals surface area contributed by atoms with Crippen molar-refractivity contribution in [3.8, 4) is 0 Å². The predicted molar refractivity (Wildman–Crippen MR) is 113 cm³/mol. The van der Waals surface area contributed by atoms with Gasteiger partial charge in [0.05, 0.1) is 6.04 Å². The van der Waals surface area contributed by atoms with E-state index >= 15 is 0 Å². The van der Waals surface area contributed by atoms with Gasteiger partial charge in [-0.15, -0.1) is 0 Å². The summed E-state index contributed by atoms with van der Waals surface area (Å²) in [7, 11) is 0. The number of amides is 3. The van der Waals surface area contributed by atoms with Crippen LogP contribution in [0.3, 0.4) is 0 Å². The Bertz CT molecular complexity index is 559. The first-order valence-electron chi connectivity index (χ1n) is 9.73. The molecular weight excluding hydrogens is 398 g/mol. The van der Waals surface area contributed by atoms with Gasteiger partial charge in [-0.1, -0.05) is 13.8 Å². The summed E-state index contributed by atoms with van der Waals surface area (Å²) in [6, 6.07) is -3.79. The highest BCUT2D eigenvalue weighted by molar-refractivity contribution is 7.80. The van der Waals surface area contributed by atoms with Gasteiger partial charge in [-0.2, -0.15) is 12.6 Å². The number of carboxylic acids is 1. The lowest BCUT2D eigenvalue weighted by molar-refractivity contribution is -0.142. The average molecular weight is 434 g/mol. The summed E-state index contributed by atoms with van der Waals surface area (Å²) in [6.45, 7) is 5.71. The minimum absolute atomic E-state index is 0.0393. The first kappa shape index (κ1) is 27.1. The number of nitrogens with two attached hydrogens (primary N) is 2. The quantitative estimate of drug-likeness (QED) is 0.135. The molecule has 4 unspecified atom stereocenters. The van der Waals surface area contributed by atoms with Crippen LogP contribution >= 0.6 is 12.6 Å². The lowest BCUT2D eigenvalue weighted by Gasteiger charge is -2.25. The molecule has 0 radical (unpaired) electrons. The molecule has 0 spiro atoms. The Kier molecular flexibility index (Phi) is 13.3. The normalized spacial score (nSPS) is 15.1. The summed E-state index contributed by atoms with van der Waals surface area (Å²) in [5.74, 6) is -2.80. The van der Waals surface area contributed by atoms with E-state index in [-0.39, 0.29) is 18.1 Å². The molecule has 0 heterocycles. The zero-order chi connectivity index (χ0) is 22.6. The first-order chi connectivity index (χ1) is 13.5.